The molecule has 2 aliphatic rings. The minimum atomic E-state index is -2.86. The second kappa shape index (κ2) is 15.5. The van der Waals surface area contributed by atoms with Gasteiger partial charge in [-0.2, -0.15) is 8.78 Å². The molecule has 1 aromatic rings. The normalized spacial score (nSPS) is 24.9. The van der Waals surface area contributed by atoms with E-state index in [9.17, 15) is 13.6 Å². The van der Waals surface area contributed by atoms with Crippen molar-refractivity contribution in [3.8, 4) is 11.5 Å². The average molecular weight is 493 g/mol. The van der Waals surface area contributed by atoms with Crippen LogP contribution in [0.15, 0.2) is 24.3 Å². The number of carbonyl (C=O) groups excluding carboxylic acids is 1. The van der Waals surface area contributed by atoms with Crippen molar-refractivity contribution in [1.82, 2.24) is 0 Å². The van der Waals surface area contributed by atoms with Gasteiger partial charge in [0.2, 0.25) is 0 Å². The van der Waals surface area contributed by atoms with E-state index in [1.165, 1.54) is 108 Å². The van der Waals surface area contributed by atoms with Gasteiger partial charge in [-0.25, -0.2) is 0 Å². The lowest BCUT2D eigenvalue weighted by molar-refractivity contribution is -0.140. The van der Waals surface area contributed by atoms with Crippen molar-refractivity contribution >= 4 is 5.97 Å². The molecule has 0 unspecified atom stereocenters. The van der Waals surface area contributed by atoms with Gasteiger partial charge >= 0.3 is 12.6 Å². The molecular formula is C30H46F2O3. The standard InChI is InChI=1S/C30H46F2O3/c1-2-3-4-5-6-7-8-9-10-23-11-13-24(14-12-23)25-15-17-26(18-16-25)29(33)34-27-19-21-28(22-20-27)35-30(31)32/h19-26,30H,2-18H2,1H3/t23-,24-,25-,26-. The number of benzene rings is 1. The molecule has 0 aromatic heterocycles. The number of carbonyl (C=O) groups is 1. The molecule has 0 amide bonds. The zero-order valence-corrected chi connectivity index (χ0v) is 21.7. The first kappa shape index (κ1) is 27.9. The third-order valence-corrected chi connectivity index (χ3v) is 8.40. The SMILES string of the molecule is CCCCCCCCCC[C@H]1CC[C@H]([C@H]2CC[C@H](C(=O)Oc3ccc(OC(F)F)cc3)CC2)CC1. The molecule has 3 nitrogen and oxygen atoms in total. The van der Waals surface area contributed by atoms with E-state index >= 15 is 0 Å². The predicted molar refractivity (Wildman–Crippen MR) is 137 cm³/mol. The minimum absolute atomic E-state index is 0.0541. The van der Waals surface area contributed by atoms with E-state index in [0.717, 1.165) is 43.4 Å². The molecule has 0 spiro atoms. The van der Waals surface area contributed by atoms with E-state index in [4.69, 9.17) is 4.74 Å². The number of hydrogen-bond acceptors (Lipinski definition) is 3. The first-order valence-corrected chi connectivity index (χ1v) is 14.3. The highest BCUT2D eigenvalue weighted by Gasteiger charge is 2.33. The Morgan fingerprint density at radius 3 is 1.86 bits per heavy atom. The van der Waals surface area contributed by atoms with Crippen LogP contribution in [0.2, 0.25) is 0 Å². The summed E-state index contributed by atoms with van der Waals surface area (Å²) < 4.78 is 34.4. The van der Waals surface area contributed by atoms with Gasteiger partial charge in [0.15, 0.2) is 0 Å². The van der Waals surface area contributed by atoms with E-state index in [2.05, 4.69) is 11.7 Å². The Bertz CT molecular complexity index is 705. The summed E-state index contributed by atoms with van der Waals surface area (Å²) in [6.07, 6.45) is 22.2. The summed E-state index contributed by atoms with van der Waals surface area (Å²) in [5.74, 6) is 2.73. The highest BCUT2D eigenvalue weighted by Crippen LogP contribution is 2.42. The second-order valence-electron chi connectivity index (χ2n) is 10.9. The summed E-state index contributed by atoms with van der Waals surface area (Å²) in [6, 6.07) is 5.81. The van der Waals surface area contributed by atoms with Gasteiger partial charge in [0, 0.05) is 0 Å². The number of hydrogen-bond donors (Lipinski definition) is 0. The van der Waals surface area contributed by atoms with Crippen LogP contribution in [0.5, 0.6) is 11.5 Å². The molecule has 2 saturated carbocycles. The maximum atomic E-state index is 12.6. The monoisotopic (exact) mass is 492 g/mol. The van der Waals surface area contributed by atoms with Gasteiger partial charge in [0.05, 0.1) is 5.92 Å². The van der Waals surface area contributed by atoms with Crippen LogP contribution in [-0.4, -0.2) is 12.6 Å². The van der Waals surface area contributed by atoms with Crippen molar-refractivity contribution in [2.45, 2.75) is 123 Å². The van der Waals surface area contributed by atoms with Crippen LogP contribution < -0.4 is 9.47 Å². The zero-order valence-electron chi connectivity index (χ0n) is 21.7. The highest BCUT2D eigenvalue weighted by molar-refractivity contribution is 5.75. The first-order chi connectivity index (χ1) is 17.0. The summed E-state index contributed by atoms with van der Waals surface area (Å²) in [5, 5.41) is 0. The highest BCUT2D eigenvalue weighted by atomic mass is 19.3. The summed E-state index contributed by atoms with van der Waals surface area (Å²) in [5.41, 5.74) is 0. The van der Waals surface area contributed by atoms with Crippen LogP contribution in [0.4, 0.5) is 8.78 Å². The van der Waals surface area contributed by atoms with Crippen LogP contribution in [0.25, 0.3) is 0 Å². The number of halogens is 2. The summed E-state index contributed by atoms with van der Waals surface area (Å²) in [4.78, 5) is 12.6. The van der Waals surface area contributed by atoms with Gasteiger partial charge in [-0.05, 0) is 80.5 Å². The summed E-state index contributed by atoms with van der Waals surface area (Å²) in [7, 11) is 0. The molecular weight excluding hydrogens is 446 g/mol. The average Bonchev–Trinajstić information content (AvgIpc) is 2.87. The molecule has 35 heavy (non-hydrogen) atoms. The summed E-state index contributed by atoms with van der Waals surface area (Å²) >= 11 is 0. The van der Waals surface area contributed by atoms with Crippen LogP contribution in [0.3, 0.4) is 0 Å². The van der Waals surface area contributed by atoms with Crippen LogP contribution >= 0.6 is 0 Å². The minimum Gasteiger partial charge on any atom is -0.435 e. The Morgan fingerprint density at radius 1 is 0.771 bits per heavy atom. The van der Waals surface area contributed by atoms with Gasteiger partial charge in [0.1, 0.15) is 11.5 Å². The number of esters is 1. The predicted octanol–water partition coefficient (Wildman–Crippen LogP) is 9.34. The van der Waals surface area contributed by atoms with Crippen molar-refractivity contribution in [3.63, 3.8) is 0 Å². The van der Waals surface area contributed by atoms with Gasteiger partial charge in [-0.3, -0.25) is 4.79 Å². The fourth-order valence-electron chi connectivity index (χ4n) is 6.23. The van der Waals surface area contributed by atoms with Crippen molar-refractivity contribution in [3.05, 3.63) is 24.3 Å². The number of alkyl halides is 2. The maximum Gasteiger partial charge on any atom is 0.387 e. The zero-order chi connectivity index (χ0) is 24.9. The number of rotatable bonds is 14. The van der Waals surface area contributed by atoms with Gasteiger partial charge in [-0.15, -0.1) is 0 Å². The molecule has 198 valence electrons. The van der Waals surface area contributed by atoms with Gasteiger partial charge in [0.25, 0.3) is 0 Å². The fraction of sp³-hybridized carbons (Fsp3) is 0.767. The third-order valence-electron chi connectivity index (χ3n) is 8.40. The molecule has 1 aromatic carbocycles. The topological polar surface area (TPSA) is 35.5 Å². The molecule has 0 saturated heterocycles. The lowest BCUT2D eigenvalue weighted by Gasteiger charge is -2.37. The molecule has 2 aliphatic carbocycles. The molecule has 0 radical (unpaired) electrons. The van der Waals surface area contributed by atoms with Gasteiger partial charge in [-0.1, -0.05) is 77.6 Å². The largest absolute Gasteiger partial charge is 0.435 e. The Balaban J connectivity index is 1.27. The molecule has 0 aliphatic heterocycles. The van der Waals surface area contributed by atoms with Gasteiger partial charge < -0.3 is 9.47 Å². The van der Waals surface area contributed by atoms with E-state index in [1.807, 2.05) is 0 Å². The second-order valence-corrected chi connectivity index (χ2v) is 10.9. The van der Waals surface area contributed by atoms with E-state index in [-0.39, 0.29) is 17.6 Å². The number of ether oxygens (including phenoxy) is 2. The first-order valence-electron chi connectivity index (χ1n) is 14.3. The quantitative estimate of drug-likeness (QED) is 0.147. The Hall–Kier alpha value is -1.65. The Kier molecular flexibility index (Phi) is 12.3. The lowest BCUT2D eigenvalue weighted by Crippen LogP contribution is -2.30. The Labute approximate surface area is 211 Å². The molecule has 0 N–H and O–H groups in total. The summed E-state index contributed by atoms with van der Waals surface area (Å²) in [6.45, 7) is -0.581. The molecule has 0 bridgehead atoms. The molecule has 0 heterocycles. The van der Waals surface area contributed by atoms with Crippen molar-refractivity contribution in [1.29, 1.82) is 0 Å². The van der Waals surface area contributed by atoms with E-state index in [0.29, 0.717) is 5.75 Å². The smallest absolute Gasteiger partial charge is 0.387 e. The van der Waals surface area contributed by atoms with E-state index in [1.54, 1.807) is 0 Å². The lowest BCUT2D eigenvalue weighted by atomic mass is 9.68. The van der Waals surface area contributed by atoms with Crippen molar-refractivity contribution in [2.75, 3.05) is 0 Å². The van der Waals surface area contributed by atoms with Crippen LogP contribution in [0.1, 0.15) is 116 Å². The molecule has 3 rings (SSSR count). The van der Waals surface area contributed by atoms with E-state index < -0.39 is 6.61 Å². The van der Waals surface area contributed by atoms with Crippen molar-refractivity contribution in [2.24, 2.45) is 23.7 Å². The third kappa shape index (κ3) is 10.1. The Morgan fingerprint density at radius 2 is 1.29 bits per heavy atom. The van der Waals surface area contributed by atoms with Crippen LogP contribution in [0, 0.1) is 23.7 Å². The fourth-order valence-corrected chi connectivity index (χ4v) is 6.23. The molecule has 2 fully saturated rings. The van der Waals surface area contributed by atoms with Crippen molar-refractivity contribution < 1.29 is 23.0 Å². The van der Waals surface area contributed by atoms with Crippen LogP contribution in [-0.2, 0) is 4.79 Å². The number of unbranched alkanes of at least 4 members (excludes halogenated alkanes) is 7. The maximum absolute atomic E-state index is 12.6. The molecule has 5 heteroatoms. The molecule has 0 atom stereocenters.